The van der Waals surface area contributed by atoms with Gasteiger partial charge >= 0.3 is 0 Å². The predicted octanol–water partition coefficient (Wildman–Crippen LogP) is 3.36. The predicted molar refractivity (Wildman–Crippen MR) is 102 cm³/mol. The summed E-state index contributed by atoms with van der Waals surface area (Å²) in [6.07, 6.45) is 1.63. The number of nitrogens with zero attached hydrogens (tertiary/aromatic N) is 2. The molecular formula is C21H29N3O. The van der Waals surface area contributed by atoms with E-state index in [1.54, 1.807) is 18.2 Å². The lowest BCUT2D eigenvalue weighted by Crippen LogP contribution is -2.47. The largest absolute Gasteiger partial charge is 0.369 e. The summed E-state index contributed by atoms with van der Waals surface area (Å²) in [6, 6.07) is 2.95. The molecule has 2 N–H and O–H groups in total. The summed E-state index contributed by atoms with van der Waals surface area (Å²) in [5, 5.41) is 0. The quantitative estimate of drug-likeness (QED) is 0.799. The van der Waals surface area contributed by atoms with Crippen molar-refractivity contribution in [2.45, 2.75) is 51.6 Å². The third kappa shape index (κ3) is 4.07. The van der Waals surface area contributed by atoms with E-state index in [-0.39, 0.29) is 29.8 Å². The Hall–Kier alpha value is -2.20. The number of carbonyl (C=O) groups is 1. The summed E-state index contributed by atoms with van der Waals surface area (Å²) in [4.78, 5) is 19.5. The van der Waals surface area contributed by atoms with E-state index in [0.717, 1.165) is 0 Å². The van der Waals surface area contributed by atoms with E-state index in [4.69, 9.17) is 12.6 Å². The van der Waals surface area contributed by atoms with Gasteiger partial charge in [0.1, 0.15) is 5.41 Å². The Morgan fingerprint density at radius 1 is 1.20 bits per heavy atom. The number of amides is 1. The zero-order chi connectivity index (χ0) is 22.8. The number of carbonyl (C=O) groups excluding carboxylic acids is 1. The first kappa shape index (κ1) is 13.1. The second kappa shape index (κ2) is 8.26. The van der Waals surface area contributed by atoms with Crippen molar-refractivity contribution in [3.8, 4) is 0 Å². The van der Waals surface area contributed by atoms with Gasteiger partial charge in [0.25, 0.3) is 0 Å². The molecular weight excluding hydrogens is 310 g/mol. The van der Waals surface area contributed by atoms with Crippen LogP contribution < -0.4 is 5.73 Å². The first-order chi connectivity index (χ1) is 14.0. The maximum absolute atomic E-state index is 13.0. The number of rotatable bonds is 8. The Bertz CT molecular complexity index is 884. The molecule has 1 heterocycles. The zero-order valence-corrected chi connectivity index (χ0v) is 15.3. The van der Waals surface area contributed by atoms with Crippen LogP contribution >= 0.6 is 0 Å². The van der Waals surface area contributed by atoms with Crippen molar-refractivity contribution in [2.24, 2.45) is 5.73 Å². The van der Waals surface area contributed by atoms with Gasteiger partial charge in [0.05, 0.1) is 12.5 Å². The second-order valence-corrected chi connectivity index (χ2v) is 6.66. The van der Waals surface area contributed by atoms with Crippen LogP contribution in [0.1, 0.15) is 52.2 Å². The van der Waals surface area contributed by atoms with Crippen LogP contribution in [-0.2, 0) is 10.2 Å². The molecule has 4 heteroatoms. The number of primary amides is 1. The van der Waals surface area contributed by atoms with Gasteiger partial charge in [-0.15, -0.1) is 0 Å². The summed E-state index contributed by atoms with van der Waals surface area (Å²) in [6.45, 7) is 8.58. The van der Waals surface area contributed by atoms with Gasteiger partial charge in [-0.05, 0) is 51.8 Å². The third-order valence-electron chi connectivity index (χ3n) is 4.52. The van der Waals surface area contributed by atoms with Crippen LogP contribution in [0.2, 0.25) is 0 Å². The highest BCUT2D eigenvalue weighted by molar-refractivity contribution is 5.90. The normalized spacial score (nSPS) is 16.8. The molecule has 0 aliphatic heterocycles. The number of pyridine rings is 1. The van der Waals surface area contributed by atoms with Gasteiger partial charge in [-0.25, -0.2) is 0 Å². The first-order valence-corrected chi connectivity index (χ1v) is 8.51. The highest BCUT2D eigenvalue weighted by atomic mass is 16.1. The molecule has 0 aliphatic carbocycles. The fourth-order valence-corrected chi connectivity index (χ4v) is 3.24. The van der Waals surface area contributed by atoms with Crippen LogP contribution in [0.3, 0.4) is 0 Å². The molecule has 0 saturated carbocycles. The fourth-order valence-electron chi connectivity index (χ4n) is 3.24. The molecule has 0 aliphatic rings. The highest BCUT2D eigenvalue weighted by Crippen LogP contribution is 2.35. The second-order valence-electron chi connectivity index (χ2n) is 6.66. The molecule has 0 spiro atoms. The summed E-state index contributed by atoms with van der Waals surface area (Å²) >= 11 is 0. The first-order valence-electron chi connectivity index (χ1n) is 11.0. The summed E-state index contributed by atoms with van der Waals surface area (Å²) in [5.41, 5.74) is 4.38. The maximum atomic E-state index is 13.0. The smallest absolute Gasteiger partial charge is 0.234 e. The lowest BCUT2D eigenvalue weighted by Gasteiger charge is -2.36. The van der Waals surface area contributed by atoms with Gasteiger partial charge < -0.3 is 5.73 Å². The number of aromatic nitrogens is 1. The zero-order valence-electron chi connectivity index (χ0n) is 20.3. The van der Waals surface area contributed by atoms with E-state index >= 15 is 0 Å². The minimum Gasteiger partial charge on any atom is -0.369 e. The van der Waals surface area contributed by atoms with Crippen LogP contribution in [0.25, 0.3) is 0 Å². The molecule has 1 aromatic heterocycles. The van der Waals surface area contributed by atoms with Gasteiger partial charge in [-0.1, -0.05) is 36.3 Å². The Labute approximate surface area is 158 Å². The van der Waals surface area contributed by atoms with E-state index < -0.39 is 41.5 Å². The molecule has 4 nitrogen and oxygen atoms in total. The summed E-state index contributed by atoms with van der Waals surface area (Å²) < 4.78 is 41.0. The molecule has 2 aromatic rings. The molecule has 0 saturated heterocycles. The van der Waals surface area contributed by atoms with Crippen LogP contribution in [0, 0.1) is 0 Å². The minimum absolute atomic E-state index is 0.129. The van der Waals surface area contributed by atoms with E-state index in [9.17, 15) is 4.79 Å². The Morgan fingerprint density at radius 3 is 2.32 bits per heavy atom. The van der Waals surface area contributed by atoms with Gasteiger partial charge in [-0.3, -0.25) is 14.7 Å². The molecule has 25 heavy (non-hydrogen) atoms. The van der Waals surface area contributed by atoms with Crippen LogP contribution in [0.4, 0.5) is 0 Å². The van der Waals surface area contributed by atoms with Crippen molar-refractivity contribution < 1.29 is 11.6 Å². The molecule has 134 valence electrons. The van der Waals surface area contributed by atoms with Crippen molar-refractivity contribution in [2.75, 3.05) is 6.54 Å². The molecule has 0 radical (unpaired) electrons. The van der Waals surface area contributed by atoms with Crippen LogP contribution in [0.5, 0.6) is 0 Å². The lowest BCUT2D eigenvalue weighted by molar-refractivity contribution is -0.122. The van der Waals surface area contributed by atoms with Crippen molar-refractivity contribution >= 4 is 5.91 Å². The Balaban J connectivity index is 2.83. The number of hydrogen-bond acceptors (Lipinski definition) is 3. The van der Waals surface area contributed by atoms with E-state index in [1.807, 2.05) is 27.7 Å². The Kier molecular flexibility index (Phi) is 4.31. The van der Waals surface area contributed by atoms with Crippen molar-refractivity contribution in [3.63, 3.8) is 0 Å². The standard InChI is InChI=1S/C21H29N3O/c1-16(2)24(17(3)4)15-13-21(20(22)25,18-10-6-5-7-11-18)19-12-8-9-14-23-19/h5-12,14,16-17H,13,15H2,1-4H3,(H2,22,25)/i5D,6D,7D,10D,11D. The van der Waals surface area contributed by atoms with E-state index in [2.05, 4.69) is 9.88 Å². The average Bonchev–Trinajstić information content (AvgIpc) is 2.69. The molecule has 1 unspecified atom stereocenters. The number of benzene rings is 1. The third-order valence-corrected chi connectivity index (χ3v) is 4.52. The van der Waals surface area contributed by atoms with Crippen LogP contribution in [0.15, 0.2) is 54.6 Å². The molecule has 0 fully saturated rings. The SMILES string of the molecule is [2H]c1c([2H])c([2H])c(C(CCN(C(C)C)C(C)C)(C(N)=O)c2ccccn2)c([2H])c1[2H]. The van der Waals surface area contributed by atoms with E-state index in [1.165, 1.54) is 6.20 Å². The molecule has 1 amide bonds. The van der Waals surface area contributed by atoms with Gasteiger partial charge in [0, 0.05) is 24.8 Å². The average molecular weight is 345 g/mol. The van der Waals surface area contributed by atoms with Crippen molar-refractivity contribution in [1.82, 2.24) is 9.88 Å². The minimum atomic E-state index is -1.67. The fraction of sp³-hybridized carbons (Fsp3) is 0.429. The topological polar surface area (TPSA) is 59.2 Å². The van der Waals surface area contributed by atoms with E-state index in [0.29, 0.717) is 6.54 Å². The van der Waals surface area contributed by atoms with Crippen molar-refractivity contribution in [1.29, 1.82) is 0 Å². The molecule has 1 aromatic carbocycles. The van der Waals surface area contributed by atoms with Crippen LogP contribution in [-0.4, -0.2) is 34.4 Å². The lowest BCUT2D eigenvalue weighted by atomic mass is 9.73. The van der Waals surface area contributed by atoms with Gasteiger partial charge in [0.2, 0.25) is 5.91 Å². The number of hydrogen-bond donors (Lipinski definition) is 1. The summed E-state index contributed by atoms with van der Waals surface area (Å²) in [5.74, 6) is -0.799. The van der Waals surface area contributed by atoms with Gasteiger partial charge in [0.15, 0.2) is 0 Å². The number of nitrogens with two attached hydrogens (primary N) is 1. The summed E-state index contributed by atoms with van der Waals surface area (Å²) in [7, 11) is 0. The molecule has 1 atom stereocenters. The van der Waals surface area contributed by atoms with Crippen molar-refractivity contribution in [3.05, 3.63) is 65.9 Å². The monoisotopic (exact) mass is 344 g/mol. The maximum Gasteiger partial charge on any atom is 0.234 e. The Morgan fingerprint density at radius 2 is 1.84 bits per heavy atom. The highest BCUT2D eigenvalue weighted by Gasteiger charge is 2.42. The van der Waals surface area contributed by atoms with Gasteiger partial charge in [-0.2, -0.15) is 0 Å². The molecule has 0 bridgehead atoms. The molecule has 2 rings (SSSR count).